The normalized spacial score (nSPS) is 24.4. The molecule has 0 bridgehead atoms. The van der Waals surface area contributed by atoms with Crippen LogP contribution >= 0.6 is 0 Å². The number of nitrogens with zero attached hydrogens (tertiary/aromatic N) is 3. The van der Waals surface area contributed by atoms with Crippen LogP contribution < -0.4 is 10.6 Å². The summed E-state index contributed by atoms with van der Waals surface area (Å²) in [4.78, 5) is 9.58. The van der Waals surface area contributed by atoms with Gasteiger partial charge in [0.1, 0.15) is 0 Å². The molecule has 2 unspecified atom stereocenters. The van der Waals surface area contributed by atoms with Gasteiger partial charge >= 0.3 is 0 Å². The minimum atomic E-state index is 0.472. The first-order valence-corrected chi connectivity index (χ1v) is 10.7. The topological polar surface area (TPSA) is 42.9 Å². The van der Waals surface area contributed by atoms with Crippen molar-refractivity contribution in [3.63, 3.8) is 0 Å². The van der Waals surface area contributed by atoms with Gasteiger partial charge in [-0.1, -0.05) is 30.3 Å². The second-order valence-corrected chi connectivity index (χ2v) is 8.10. The van der Waals surface area contributed by atoms with Crippen LogP contribution in [0.2, 0.25) is 0 Å². The molecule has 0 saturated carbocycles. The number of nitrogens with one attached hydrogen (secondary N) is 2. The summed E-state index contributed by atoms with van der Waals surface area (Å²) in [6.07, 6.45) is 6.42. The Morgan fingerprint density at radius 3 is 2.67 bits per heavy atom. The minimum absolute atomic E-state index is 0.472. The first-order chi connectivity index (χ1) is 13.2. The molecule has 2 fully saturated rings. The largest absolute Gasteiger partial charge is 0.356 e. The van der Waals surface area contributed by atoms with Crippen LogP contribution in [-0.4, -0.2) is 67.6 Å². The van der Waals surface area contributed by atoms with Crippen LogP contribution in [0.25, 0.3) is 0 Å². The van der Waals surface area contributed by atoms with Gasteiger partial charge in [0.25, 0.3) is 0 Å². The molecule has 5 nitrogen and oxygen atoms in total. The Kier molecular flexibility index (Phi) is 7.96. The third kappa shape index (κ3) is 6.51. The summed E-state index contributed by atoms with van der Waals surface area (Å²) in [6.45, 7) is 9.30. The zero-order chi connectivity index (χ0) is 18.9. The van der Waals surface area contributed by atoms with Gasteiger partial charge in [-0.25, -0.2) is 0 Å². The van der Waals surface area contributed by atoms with Gasteiger partial charge in [-0.05, 0) is 64.2 Å². The van der Waals surface area contributed by atoms with Gasteiger partial charge < -0.3 is 15.5 Å². The smallest absolute Gasteiger partial charge is 0.191 e. The predicted molar refractivity (Wildman–Crippen MR) is 114 cm³/mol. The second kappa shape index (κ2) is 10.7. The van der Waals surface area contributed by atoms with E-state index in [9.17, 15) is 0 Å². The average Bonchev–Trinajstić information content (AvgIpc) is 3.31. The van der Waals surface area contributed by atoms with Crippen molar-refractivity contribution in [2.45, 2.75) is 57.7 Å². The Hall–Kier alpha value is -1.59. The Balaban J connectivity index is 1.34. The molecule has 150 valence electrons. The van der Waals surface area contributed by atoms with Crippen molar-refractivity contribution in [1.29, 1.82) is 0 Å². The lowest BCUT2D eigenvalue weighted by molar-refractivity contribution is 0.258. The van der Waals surface area contributed by atoms with Crippen molar-refractivity contribution >= 4 is 5.96 Å². The number of likely N-dealkylation sites (tertiary alicyclic amines) is 2. The molecule has 1 aromatic carbocycles. The summed E-state index contributed by atoms with van der Waals surface area (Å²) in [5.41, 5.74) is 1.39. The van der Waals surface area contributed by atoms with Crippen LogP contribution in [0.1, 0.15) is 44.6 Å². The lowest BCUT2D eigenvalue weighted by atomic mass is 10.2. The van der Waals surface area contributed by atoms with Crippen molar-refractivity contribution < 1.29 is 0 Å². The van der Waals surface area contributed by atoms with E-state index in [1.54, 1.807) is 0 Å². The number of unbranched alkanes of at least 4 members (excludes halogenated alkanes) is 1. The van der Waals surface area contributed by atoms with Crippen molar-refractivity contribution in [1.82, 2.24) is 20.4 Å². The number of benzene rings is 1. The quantitative estimate of drug-likeness (QED) is 0.419. The van der Waals surface area contributed by atoms with E-state index in [0.29, 0.717) is 12.1 Å². The number of aliphatic imine (C=N–C) groups is 1. The number of rotatable bonds is 8. The highest BCUT2D eigenvalue weighted by Crippen LogP contribution is 2.20. The van der Waals surface area contributed by atoms with Crippen molar-refractivity contribution in [2.24, 2.45) is 4.99 Å². The molecule has 2 aliphatic heterocycles. The van der Waals surface area contributed by atoms with Gasteiger partial charge in [0, 0.05) is 38.8 Å². The van der Waals surface area contributed by atoms with E-state index in [4.69, 9.17) is 0 Å². The molecule has 0 amide bonds. The summed E-state index contributed by atoms with van der Waals surface area (Å²) in [5, 5.41) is 7.13. The predicted octanol–water partition coefficient (Wildman–Crippen LogP) is 2.69. The molecule has 5 heteroatoms. The maximum atomic E-state index is 4.43. The summed E-state index contributed by atoms with van der Waals surface area (Å²) in [7, 11) is 1.87. The zero-order valence-corrected chi connectivity index (χ0v) is 17.2. The molecule has 0 radical (unpaired) electrons. The van der Waals surface area contributed by atoms with E-state index in [2.05, 4.69) is 62.7 Å². The number of hydrogen-bond donors (Lipinski definition) is 2. The summed E-state index contributed by atoms with van der Waals surface area (Å²) < 4.78 is 0. The SMILES string of the molecule is CN=C(NCCCCN1CCCC1)NC1CC(C)N(Cc2ccccc2)C1. The maximum Gasteiger partial charge on any atom is 0.191 e. The van der Waals surface area contributed by atoms with Gasteiger partial charge in [-0.2, -0.15) is 0 Å². The number of guanidine groups is 1. The molecule has 2 N–H and O–H groups in total. The Bertz CT molecular complexity index is 567. The van der Waals surface area contributed by atoms with Crippen molar-refractivity contribution in [2.75, 3.05) is 39.8 Å². The van der Waals surface area contributed by atoms with E-state index in [-0.39, 0.29) is 0 Å². The molecule has 2 heterocycles. The van der Waals surface area contributed by atoms with E-state index >= 15 is 0 Å². The molecule has 2 aliphatic rings. The standard InChI is InChI=1S/C22H37N5/c1-19-16-21(18-27(19)17-20-10-4-3-5-11-20)25-22(23-2)24-12-6-7-13-26-14-8-9-15-26/h3-5,10-11,19,21H,6-9,12-18H2,1-2H3,(H2,23,24,25). The van der Waals surface area contributed by atoms with Crippen LogP contribution in [0.5, 0.6) is 0 Å². The highest BCUT2D eigenvalue weighted by atomic mass is 15.3. The fourth-order valence-corrected chi connectivity index (χ4v) is 4.30. The molecule has 2 atom stereocenters. The molecule has 1 aromatic rings. The third-order valence-corrected chi connectivity index (χ3v) is 5.89. The fraction of sp³-hybridized carbons (Fsp3) is 0.682. The highest BCUT2D eigenvalue weighted by Gasteiger charge is 2.29. The van der Waals surface area contributed by atoms with Crippen LogP contribution in [-0.2, 0) is 6.54 Å². The molecule has 0 aromatic heterocycles. The van der Waals surface area contributed by atoms with Crippen LogP contribution in [0.3, 0.4) is 0 Å². The van der Waals surface area contributed by atoms with Crippen LogP contribution in [0.4, 0.5) is 0 Å². The van der Waals surface area contributed by atoms with E-state index in [1.165, 1.54) is 57.3 Å². The lowest BCUT2D eigenvalue weighted by Crippen LogP contribution is -2.44. The summed E-state index contributed by atoms with van der Waals surface area (Å²) in [6, 6.07) is 11.8. The van der Waals surface area contributed by atoms with Gasteiger partial charge in [0.05, 0.1) is 0 Å². The van der Waals surface area contributed by atoms with Crippen LogP contribution in [0, 0.1) is 0 Å². The molecular weight excluding hydrogens is 334 g/mol. The van der Waals surface area contributed by atoms with Gasteiger partial charge in [-0.15, -0.1) is 0 Å². The minimum Gasteiger partial charge on any atom is -0.356 e. The summed E-state index contributed by atoms with van der Waals surface area (Å²) >= 11 is 0. The first kappa shape index (κ1) is 20.2. The molecule has 3 rings (SSSR count). The van der Waals surface area contributed by atoms with E-state index in [1.807, 2.05) is 7.05 Å². The average molecular weight is 372 g/mol. The van der Waals surface area contributed by atoms with Gasteiger partial charge in [0.2, 0.25) is 0 Å². The first-order valence-electron chi connectivity index (χ1n) is 10.7. The Morgan fingerprint density at radius 1 is 1.15 bits per heavy atom. The van der Waals surface area contributed by atoms with Gasteiger partial charge in [-0.3, -0.25) is 9.89 Å². The third-order valence-electron chi connectivity index (χ3n) is 5.89. The molecule has 0 spiro atoms. The fourth-order valence-electron chi connectivity index (χ4n) is 4.30. The maximum absolute atomic E-state index is 4.43. The van der Waals surface area contributed by atoms with E-state index in [0.717, 1.165) is 25.6 Å². The Labute approximate surface area is 165 Å². The molecular formula is C22H37N5. The Morgan fingerprint density at radius 2 is 1.93 bits per heavy atom. The van der Waals surface area contributed by atoms with Crippen molar-refractivity contribution in [3.05, 3.63) is 35.9 Å². The van der Waals surface area contributed by atoms with Crippen LogP contribution in [0.15, 0.2) is 35.3 Å². The monoisotopic (exact) mass is 371 g/mol. The highest BCUT2D eigenvalue weighted by molar-refractivity contribution is 5.80. The molecule has 0 aliphatic carbocycles. The molecule has 2 saturated heterocycles. The number of hydrogen-bond acceptors (Lipinski definition) is 3. The second-order valence-electron chi connectivity index (χ2n) is 8.10. The zero-order valence-electron chi connectivity index (χ0n) is 17.2. The molecule has 27 heavy (non-hydrogen) atoms. The van der Waals surface area contributed by atoms with Crippen molar-refractivity contribution in [3.8, 4) is 0 Å². The van der Waals surface area contributed by atoms with E-state index < -0.39 is 0 Å². The lowest BCUT2D eigenvalue weighted by Gasteiger charge is -2.21. The summed E-state index contributed by atoms with van der Waals surface area (Å²) in [5.74, 6) is 0.954. The van der Waals surface area contributed by atoms with Gasteiger partial charge in [0.15, 0.2) is 5.96 Å².